The number of benzene rings is 3. The van der Waals surface area contributed by atoms with E-state index in [0.717, 1.165) is 6.16 Å². The van der Waals surface area contributed by atoms with Gasteiger partial charge in [0.25, 0.3) is 0 Å². The van der Waals surface area contributed by atoms with Crippen LogP contribution in [0, 0.1) is 0 Å². The van der Waals surface area contributed by atoms with Gasteiger partial charge in [-0.05, 0) is 40.8 Å². The van der Waals surface area contributed by atoms with Crippen molar-refractivity contribution in [1.29, 1.82) is 0 Å². The van der Waals surface area contributed by atoms with E-state index in [0.29, 0.717) is 6.16 Å². The van der Waals surface area contributed by atoms with Crippen LogP contribution in [-0.2, 0) is 16.4 Å². The topological polar surface area (TPSA) is 37.3 Å². The van der Waals surface area contributed by atoms with E-state index >= 15 is 0 Å². The first-order valence-electron chi connectivity index (χ1n) is 10.1. The van der Waals surface area contributed by atoms with Gasteiger partial charge in [0.2, 0.25) is 0 Å². The van der Waals surface area contributed by atoms with Crippen LogP contribution in [-0.4, -0.2) is 17.2 Å². The quantitative estimate of drug-likeness (QED) is 0.573. The Morgan fingerprint density at radius 3 is 1.67 bits per heavy atom. The second-order valence-corrected chi connectivity index (χ2v) is 12.3. The van der Waals surface area contributed by atoms with Crippen LogP contribution < -0.4 is 23.0 Å². The van der Waals surface area contributed by atoms with Crippen LogP contribution in [0.2, 0.25) is 0 Å². The summed E-state index contributed by atoms with van der Waals surface area (Å²) < 4.78 is 0. The number of hydrogen-bond acceptors (Lipinski definition) is 1. The molecule has 0 spiro atoms. The largest absolute Gasteiger partial charge is 1.00 e. The van der Waals surface area contributed by atoms with Crippen molar-refractivity contribution in [3.63, 3.8) is 0 Å². The molecule has 30 heavy (non-hydrogen) atoms. The van der Waals surface area contributed by atoms with Crippen LogP contribution in [0.4, 0.5) is 0 Å². The number of rotatable bonds is 7. The minimum atomic E-state index is -1.91. The molecular weight excluding hydrogens is 411 g/mol. The first-order valence-corrected chi connectivity index (χ1v) is 12.3. The summed E-state index contributed by atoms with van der Waals surface area (Å²) in [5, 5.41) is 12.0. The number of carbonyl (C=O) groups is 1. The highest BCUT2D eigenvalue weighted by molar-refractivity contribution is 7.88. The van der Waals surface area contributed by atoms with E-state index in [9.17, 15) is 9.90 Å². The molecule has 0 atom stereocenters. The molecule has 3 aromatic carbocycles. The first kappa shape index (κ1) is 24.1. The van der Waals surface area contributed by atoms with Crippen molar-refractivity contribution in [3.05, 3.63) is 96.1 Å². The lowest BCUT2D eigenvalue weighted by Crippen LogP contribution is -3.00. The van der Waals surface area contributed by atoms with Gasteiger partial charge < -0.3 is 17.5 Å². The van der Waals surface area contributed by atoms with E-state index in [4.69, 9.17) is 0 Å². The summed E-state index contributed by atoms with van der Waals surface area (Å²) in [4.78, 5) is 11.5. The minimum Gasteiger partial charge on any atom is -1.00 e. The molecular formula is C26H30ClO2P. The van der Waals surface area contributed by atoms with Crippen LogP contribution >= 0.6 is 7.26 Å². The Balaban J connectivity index is 0.00000320. The molecule has 0 saturated heterocycles. The van der Waals surface area contributed by atoms with Gasteiger partial charge in [-0.2, -0.15) is 0 Å². The number of hydrogen-bond donors (Lipinski definition) is 1. The first-order chi connectivity index (χ1) is 13.8. The van der Waals surface area contributed by atoms with Gasteiger partial charge in [0.15, 0.2) is 0 Å². The van der Waals surface area contributed by atoms with E-state index in [1.54, 1.807) is 0 Å². The summed E-state index contributed by atoms with van der Waals surface area (Å²) in [6.07, 6.45) is 1.72. The summed E-state index contributed by atoms with van der Waals surface area (Å²) in [7, 11) is -1.91. The normalized spacial score (nSPS) is 11.6. The molecule has 2 nitrogen and oxygen atoms in total. The molecule has 0 unspecified atom stereocenters. The standard InChI is InChI=1S/C26H29O2P.ClH/c1-26(2,3)22-16-14-21(15-17-22)20-29(19-18-25(27)28,23-10-6-4-7-11-23)24-12-8-5-9-13-24;/h4-17H,18-20H2,1-3H3;1H. The Kier molecular flexibility index (Phi) is 8.24. The molecule has 0 aliphatic heterocycles. The van der Waals surface area contributed by atoms with Crippen molar-refractivity contribution in [2.24, 2.45) is 0 Å². The summed E-state index contributed by atoms with van der Waals surface area (Å²) >= 11 is 0. The van der Waals surface area contributed by atoms with Gasteiger partial charge in [0.1, 0.15) is 0 Å². The second-order valence-electron chi connectivity index (χ2n) is 8.61. The lowest BCUT2D eigenvalue weighted by Gasteiger charge is -2.28. The second kappa shape index (κ2) is 10.2. The molecule has 0 aliphatic carbocycles. The number of halogens is 1. The summed E-state index contributed by atoms with van der Waals surface area (Å²) in [5.41, 5.74) is 2.70. The molecule has 0 radical (unpaired) electrons. The maximum Gasteiger partial charge on any atom is 0.307 e. The molecule has 3 rings (SSSR count). The third-order valence-electron chi connectivity index (χ3n) is 5.48. The van der Waals surface area contributed by atoms with Crippen molar-refractivity contribution in [1.82, 2.24) is 0 Å². The Morgan fingerprint density at radius 1 is 0.800 bits per heavy atom. The highest BCUT2D eigenvalue weighted by atomic mass is 35.5. The molecule has 1 N–H and O–H groups in total. The van der Waals surface area contributed by atoms with Crippen LogP contribution in [0.5, 0.6) is 0 Å². The van der Waals surface area contributed by atoms with Crippen molar-refractivity contribution in [2.45, 2.75) is 38.8 Å². The highest BCUT2D eigenvalue weighted by Gasteiger charge is 2.43. The molecule has 3 aromatic rings. The van der Waals surface area contributed by atoms with E-state index in [1.807, 2.05) is 12.1 Å². The molecule has 0 saturated carbocycles. The predicted octanol–water partition coefficient (Wildman–Crippen LogP) is 2.63. The molecule has 158 valence electrons. The number of carboxylic acid groups (broad SMARTS) is 1. The zero-order chi connectivity index (χ0) is 20.9. The third-order valence-corrected chi connectivity index (χ3v) is 9.95. The SMILES string of the molecule is CC(C)(C)c1ccc(C[P+](CCC(=O)O)(c2ccccc2)c2ccccc2)cc1.[Cl-]. The zero-order valence-corrected chi connectivity index (χ0v) is 19.5. The van der Waals surface area contributed by atoms with Crippen molar-refractivity contribution in [3.8, 4) is 0 Å². The monoisotopic (exact) mass is 440 g/mol. The summed E-state index contributed by atoms with van der Waals surface area (Å²) in [5.74, 6) is -0.732. The average Bonchev–Trinajstić information content (AvgIpc) is 2.72. The molecule has 0 amide bonds. The Hall–Kier alpha value is -2.15. The smallest absolute Gasteiger partial charge is 0.307 e. The fourth-order valence-electron chi connectivity index (χ4n) is 3.80. The molecule has 0 bridgehead atoms. The van der Waals surface area contributed by atoms with Crippen molar-refractivity contribution >= 4 is 23.8 Å². The fourth-order valence-corrected chi connectivity index (χ4v) is 8.03. The molecule has 0 fully saturated rings. The number of aliphatic carboxylic acids is 1. The fraction of sp³-hybridized carbons (Fsp3) is 0.269. The van der Waals surface area contributed by atoms with Crippen molar-refractivity contribution < 1.29 is 22.3 Å². The van der Waals surface area contributed by atoms with Crippen molar-refractivity contribution in [2.75, 3.05) is 6.16 Å². The Bertz CT molecular complexity index is 893. The zero-order valence-electron chi connectivity index (χ0n) is 17.9. The predicted molar refractivity (Wildman–Crippen MR) is 125 cm³/mol. The maximum atomic E-state index is 11.5. The lowest BCUT2D eigenvalue weighted by molar-refractivity contribution is -0.136. The van der Waals surface area contributed by atoms with Crippen LogP contribution in [0.3, 0.4) is 0 Å². The van der Waals surface area contributed by atoms with E-state index in [-0.39, 0.29) is 24.2 Å². The number of carboxylic acids is 1. The Morgan fingerprint density at radius 2 is 1.27 bits per heavy atom. The van der Waals surface area contributed by atoms with Gasteiger partial charge in [0.05, 0.1) is 36.6 Å². The third kappa shape index (κ3) is 5.72. The molecule has 0 aliphatic rings. The van der Waals surface area contributed by atoms with E-state index in [1.165, 1.54) is 21.7 Å². The maximum absolute atomic E-state index is 11.5. The van der Waals surface area contributed by atoms with E-state index in [2.05, 4.69) is 93.6 Å². The van der Waals surface area contributed by atoms with Gasteiger partial charge >= 0.3 is 5.97 Å². The lowest BCUT2D eigenvalue weighted by atomic mass is 9.87. The highest BCUT2D eigenvalue weighted by Crippen LogP contribution is 2.59. The van der Waals surface area contributed by atoms with Crippen LogP contribution in [0.15, 0.2) is 84.9 Å². The molecule has 4 heteroatoms. The van der Waals surface area contributed by atoms with Gasteiger partial charge in [-0.15, -0.1) is 0 Å². The minimum absolute atomic E-state index is 0. The van der Waals surface area contributed by atoms with Gasteiger partial charge in [-0.1, -0.05) is 81.4 Å². The van der Waals surface area contributed by atoms with Crippen LogP contribution in [0.1, 0.15) is 38.3 Å². The summed E-state index contributed by atoms with van der Waals surface area (Å²) in [6.45, 7) is 6.67. The van der Waals surface area contributed by atoms with E-state index < -0.39 is 13.2 Å². The van der Waals surface area contributed by atoms with Gasteiger partial charge in [0, 0.05) is 0 Å². The average molecular weight is 441 g/mol. The van der Waals surface area contributed by atoms with Crippen LogP contribution in [0.25, 0.3) is 0 Å². The molecule has 0 heterocycles. The Labute approximate surface area is 187 Å². The van der Waals surface area contributed by atoms with Gasteiger partial charge in [-0.3, -0.25) is 4.79 Å². The summed E-state index contributed by atoms with van der Waals surface area (Å²) in [6, 6.07) is 29.9. The van der Waals surface area contributed by atoms with Gasteiger partial charge in [-0.25, -0.2) is 0 Å². The molecule has 0 aromatic heterocycles.